The van der Waals surface area contributed by atoms with Crippen molar-refractivity contribution in [2.45, 2.75) is 13.8 Å². The number of rotatable bonds is 2. The monoisotopic (exact) mass is 282 g/mol. The predicted molar refractivity (Wildman–Crippen MR) is 63.6 cm³/mol. The van der Waals surface area contributed by atoms with E-state index in [9.17, 15) is 4.79 Å². The van der Waals surface area contributed by atoms with Crippen LogP contribution in [0.5, 0.6) is 0 Å². The highest BCUT2D eigenvalue weighted by atomic mass is 79.9. The van der Waals surface area contributed by atoms with Gasteiger partial charge in [0.1, 0.15) is 0 Å². The molecule has 0 aliphatic carbocycles. The van der Waals surface area contributed by atoms with Crippen LogP contribution in [-0.2, 0) is 4.74 Å². The van der Waals surface area contributed by atoms with Gasteiger partial charge in [-0.1, -0.05) is 0 Å². The molecule has 2 aromatic heterocycles. The van der Waals surface area contributed by atoms with Crippen LogP contribution in [0.25, 0.3) is 5.52 Å². The average Bonchev–Trinajstić information content (AvgIpc) is 2.61. The lowest BCUT2D eigenvalue weighted by molar-refractivity contribution is 0.0526. The van der Waals surface area contributed by atoms with Crippen LogP contribution in [0.3, 0.4) is 0 Å². The number of pyridine rings is 1. The quantitative estimate of drug-likeness (QED) is 0.796. The Morgan fingerprint density at radius 1 is 1.56 bits per heavy atom. The summed E-state index contributed by atoms with van der Waals surface area (Å²) in [7, 11) is 0. The fourth-order valence-corrected chi connectivity index (χ4v) is 1.93. The minimum absolute atomic E-state index is 0.304. The number of ether oxygens (including phenoxy) is 1. The molecule has 84 valence electrons. The minimum Gasteiger partial charge on any atom is -0.462 e. The summed E-state index contributed by atoms with van der Waals surface area (Å²) in [5, 5.41) is 4.18. The van der Waals surface area contributed by atoms with Crippen molar-refractivity contribution >= 4 is 27.4 Å². The highest BCUT2D eigenvalue weighted by Gasteiger charge is 2.11. The zero-order valence-electron chi connectivity index (χ0n) is 9.03. The third-order valence-corrected chi connectivity index (χ3v) is 2.87. The van der Waals surface area contributed by atoms with Gasteiger partial charge < -0.3 is 4.74 Å². The number of carbonyl (C=O) groups is 1. The Morgan fingerprint density at radius 2 is 2.31 bits per heavy atom. The van der Waals surface area contributed by atoms with Crippen molar-refractivity contribution < 1.29 is 9.53 Å². The summed E-state index contributed by atoms with van der Waals surface area (Å²) in [6, 6.07) is 3.53. The van der Waals surface area contributed by atoms with E-state index in [-0.39, 0.29) is 5.97 Å². The second kappa shape index (κ2) is 4.25. The van der Waals surface area contributed by atoms with Crippen molar-refractivity contribution in [3.05, 3.63) is 34.1 Å². The molecule has 0 saturated carbocycles. The number of fused-ring (bicyclic) bond motifs is 1. The van der Waals surface area contributed by atoms with Crippen LogP contribution in [0.1, 0.15) is 23.0 Å². The Bertz CT molecular complexity index is 548. The molecule has 0 atom stereocenters. The Morgan fingerprint density at radius 3 is 3.00 bits per heavy atom. The topological polar surface area (TPSA) is 43.6 Å². The summed E-state index contributed by atoms with van der Waals surface area (Å²) in [5.74, 6) is -0.304. The number of hydrogen-bond acceptors (Lipinski definition) is 3. The highest BCUT2D eigenvalue weighted by molar-refractivity contribution is 9.10. The number of aryl methyl sites for hydroxylation is 1. The summed E-state index contributed by atoms with van der Waals surface area (Å²) in [4.78, 5) is 11.6. The van der Waals surface area contributed by atoms with E-state index in [0.29, 0.717) is 12.2 Å². The van der Waals surface area contributed by atoms with Gasteiger partial charge in [-0.05, 0) is 41.9 Å². The van der Waals surface area contributed by atoms with Gasteiger partial charge in [-0.25, -0.2) is 9.31 Å². The first-order chi connectivity index (χ1) is 7.63. The highest BCUT2D eigenvalue weighted by Crippen LogP contribution is 2.20. The van der Waals surface area contributed by atoms with Crippen LogP contribution in [0, 0.1) is 6.92 Å². The van der Waals surface area contributed by atoms with Gasteiger partial charge in [0.15, 0.2) is 0 Å². The van der Waals surface area contributed by atoms with Crippen molar-refractivity contribution in [1.29, 1.82) is 0 Å². The molecule has 16 heavy (non-hydrogen) atoms. The van der Waals surface area contributed by atoms with E-state index in [4.69, 9.17) is 4.74 Å². The van der Waals surface area contributed by atoms with E-state index >= 15 is 0 Å². The Labute approximate surface area is 101 Å². The molecular weight excluding hydrogens is 272 g/mol. The van der Waals surface area contributed by atoms with Crippen molar-refractivity contribution in [3.63, 3.8) is 0 Å². The molecule has 2 rings (SSSR count). The van der Waals surface area contributed by atoms with Crippen LogP contribution < -0.4 is 0 Å². The Hall–Kier alpha value is -1.36. The zero-order valence-corrected chi connectivity index (χ0v) is 10.6. The lowest BCUT2D eigenvalue weighted by atomic mass is 10.2. The van der Waals surface area contributed by atoms with Crippen LogP contribution >= 0.6 is 15.9 Å². The minimum atomic E-state index is -0.304. The van der Waals surface area contributed by atoms with E-state index in [1.807, 2.05) is 6.92 Å². The largest absolute Gasteiger partial charge is 0.462 e. The van der Waals surface area contributed by atoms with Gasteiger partial charge in [-0.3, -0.25) is 0 Å². The molecule has 2 aromatic rings. The normalized spacial score (nSPS) is 10.7. The molecule has 0 saturated heterocycles. The first-order valence-corrected chi connectivity index (χ1v) is 5.73. The SMILES string of the molecule is CCOC(=O)c1cc(C)n2ncc(Br)c2c1. The molecule has 0 fully saturated rings. The number of carbonyl (C=O) groups excluding carboxylic acids is 1. The summed E-state index contributed by atoms with van der Waals surface area (Å²) in [6.07, 6.45) is 1.71. The first kappa shape index (κ1) is 11.1. The van der Waals surface area contributed by atoms with Crippen molar-refractivity contribution in [2.75, 3.05) is 6.61 Å². The predicted octanol–water partition coefficient (Wildman–Crippen LogP) is 2.58. The van der Waals surface area contributed by atoms with E-state index in [2.05, 4.69) is 21.0 Å². The van der Waals surface area contributed by atoms with Gasteiger partial charge in [0.25, 0.3) is 0 Å². The lowest BCUT2D eigenvalue weighted by Crippen LogP contribution is -2.06. The van der Waals surface area contributed by atoms with Gasteiger partial charge in [0.05, 0.1) is 28.4 Å². The third kappa shape index (κ3) is 1.82. The maximum absolute atomic E-state index is 11.6. The second-order valence-corrected chi connectivity index (χ2v) is 4.25. The molecule has 0 spiro atoms. The summed E-state index contributed by atoms with van der Waals surface area (Å²) in [6.45, 7) is 4.07. The molecule has 0 N–H and O–H groups in total. The maximum Gasteiger partial charge on any atom is 0.338 e. The van der Waals surface area contributed by atoms with E-state index in [1.165, 1.54) is 0 Å². The van der Waals surface area contributed by atoms with Gasteiger partial charge in [0, 0.05) is 5.69 Å². The molecule has 2 heterocycles. The molecule has 0 aromatic carbocycles. The van der Waals surface area contributed by atoms with Crippen molar-refractivity contribution in [1.82, 2.24) is 9.61 Å². The zero-order chi connectivity index (χ0) is 11.7. The first-order valence-electron chi connectivity index (χ1n) is 4.94. The molecule has 0 unspecified atom stereocenters. The molecule has 0 aliphatic rings. The Balaban J connectivity index is 2.56. The lowest BCUT2D eigenvalue weighted by Gasteiger charge is -2.05. The number of esters is 1. The molecule has 0 radical (unpaired) electrons. The molecule has 0 bridgehead atoms. The fourth-order valence-electron chi connectivity index (χ4n) is 1.56. The van der Waals surface area contributed by atoms with E-state index in [1.54, 1.807) is 29.8 Å². The summed E-state index contributed by atoms with van der Waals surface area (Å²) < 4.78 is 7.60. The molecule has 4 nitrogen and oxygen atoms in total. The Kier molecular flexibility index (Phi) is 2.96. The molecule has 5 heteroatoms. The number of nitrogens with zero attached hydrogens (tertiary/aromatic N) is 2. The number of aromatic nitrogens is 2. The van der Waals surface area contributed by atoms with E-state index in [0.717, 1.165) is 15.7 Å². The number of halogens is 1. The fraction of sp³-hybridized carbons (Fsp3) is 0.273. The van der Waals surface area contributed by atoms with Gasteiger partial charge in [0.2, 0.25) is 0 Å². The van der Waals surface area contributed by atoms with Crippen molar-refractivity contribution in [2.24, 2.45) is 0 Å². The number of hydrogen-bond donors (Lipinski definition) is 0. The van der Waals surface area contributed by atoms with Gasteiger partial charge in [-0.15, -0.1) is 0 Å². The van der Waals surface area contributed by atoms with E-state index < -0.39 is 0 Å². The summed E-state index contributed by atoms with van der Waals surface area (Å²) >= 11 is 3.39. The standard InChI is InChI=1S/C11H11BrN2O2/c1-3-16-11(15)8-4-7(2)14-10(5-8)9(12)6-13-14/h4-6H,3H2,1-2H3. The van der Waals surface area contributed by atoms with Crippen LogP contribution in [-0.4, -0.2) is 22.2 Å². The summed E-state index contributed by atoms with van der Waals surface area (Å²) in [5.41, 5.74) is 2.31. The van der Waals surface area contributed by atoms with Gasteiger partial charge in [-0.2, -0.15) is 5.10 Å². The van der Waals surface area contributed by atoms with Crippen molar-refractivity contribution in [3.8, 4) is 0 Å². The second-order valence-electron chi connectivity index (χ2n) is 3.40. The molecule has 0 aliphatic heterocycles. The van der Waals surface area contributed by atoms with Crippen LogP contribution in [0.4, 0.5) is 0 Å². The maximum atomic E-state index is 11.6. The van der Waals surface area contributed by atoms with Crippen LogP contribution in [0.15, 0.2) is 22.8 Å². The molecule has 0 amide bonds. The van der Waals surface area contributed by atoms with Gasteiger partial charge >= 0.3 is 5.97 Å². The van der Waals surface area contributed by atoms with Crippen LogP contribution in [0.2, 0.25) is 0 Å². The smallest absolute Gasteiger partial charge is 0.338 e. The molecular formula is C11H11BrN2O2. The third-order valence-electron chi connectivity index (χ3n) is 2.26. The average molecular weight is 283 g/mol.